The van der Waals surface area contributed by atoms with Crippen molar-refractivity contribution in [1.29, 1.82) is 0 Å². The molecule has 3 nitrogen and oxygen atoms in total. The van der Waals surface area contributed by atoms with Crippen LogP contribution in [0.25, 0.3) is 10.9 Å². The van der Waals surface area contributed by atoms with Gasteiger partial charge >= 0.3 is 12.4 Å². The third-order valence-corrected chi connectivity index (χ3v) is 4.53. The molecule has 1 aliphatic rings. The van der Waals surface area contributed by atoms with Crippen molar-refractivity contribution >= 4 is 10.9 Å². The van der Waals surface area contributed by atoms with Crippen molar-refractivity contribution in [3.05, 3.63) is 41.1 Å². The molecule has 1 unspecified atom stereocenters. The van der Waals surface area contributed by atoms with Crippen molar-refractivity contribution in [2.45, 2.75) is 43.8 Å². The minimum Gasteiger partial charge on any atom is -0.387 e. The number of nitrogens with one attached hydrogen (secondary N) is 1. The van der Waals surface area contributed by atoms with E-state index < -0.39 is 35.2 Å². The summed E-state index contributed by atoms with van der Waals surface area (Å²) in [6, 6.07) is 3.80. The lowest BCUT2D eigenvalue weighted by Gasteiger charge is -2.28. The number of fused-ring (bicyclic) bond motifs is 1. The van der Waals surface area contributed by atoms with E-state index in [9.17, 15) is 31.4 Å². The third-order valence-electron chi connectivity index (χ3n) is 4.53. The predicted octanol–water partition coefficient (Wildman–Crippen LogP) is 4.45. The molecule has 1 heterocycles. The first-order valence-corrected chi connectivity index (χ1v) is 8.07. The Labute approximate surface area is 145 Å². The highest BCUT2D eigenvalue weighted by Crippen LogP contribution is 2.38. The van der Waals surface area contributed by atoms with Crippen LogP contribution in [-0.4, -0.2) is 22.7 Å². The number of nitrogens with zero attached hydrogens (tertiary/aromatic N) is 1. The fourth-order valence-corrected chi connectivity index (χ4v) is 2.92. The monoisotopic (exact) mass is 378 g/mol. The average Bonchev–Trinajstić information content (AvgIpc) is 2.49. The van der Waals surface area contributed by atoms with Gasteiger partial charge in [-0.25, -0.2) is 4.98 Å². The van der Waals surface area contributed by atoms with Crippen molar-refractivity contribution in [1.82, 2.24) is 10.3 Å². The molecule has 0 saturated heterocycles. The Balaban J connectivity index is 2.10. The second-order valence-electron chi connectivity index (χ2n) is 6.35. The molecule has 1 aromatic heterocycles. The molecular formula is C17H16F6N2O. The standard InChI is InChI=1S/C17H16F6N2O/c18-16(19,20)12-6-2-5-10-11(13(26)8-24-9-3-1-4-9)7-14(17(21,22)23)25-15(10)12/h2,5-7,9,13,24,26H,1,3-4,8H2. The van der Waals surface area contributed by atoms with Crippen LogP contribution in [0.3, 0.4) is 0 Å². The molecule has 2 aromatic rings. The summed E-state index contributed by atoms with van der Waals surface area (Å²) < 4.78 is 78.9. The Morgan fingerprint density at radius 3 is 2.35 bits per heavy atom. The van der Waals surface area contributed by atoms with Gasteiger partial charge in [0.05, 0.1) is 17.2 Å². The highest BCUT2D eigenvalue weighted by molar-refractivity contribution is 5.86. The summed E-state index contributed by atoms with van der Waals surface area (Å²) >= 11 is 0. The first-order chi connectivity index (χ1) is 12.1. The van der Waals surface area contributed by atoms with Gasteiger partial charge in [0.15, 0.2) is 0 Å². The van der Waals surface area contributed by atoms with Crippen molar-refractivity contribution in [2.75, 3.05) is 6.54 Å². The Bertz CT molecular complexity index is 798. The van der Waals surface area contributed by atoms with Crippen LogP contribution in [0.2, 0.25) is 0 Å². The maximum Gasteiger partial charge on any atom is 0.433 e. The minimum atomic E-state index is -4.93. The summed E-state index contributed by atoms with van der Waals surface area (Å²) in [5, 5.41) is 13.2. The summed E-state index contributed by atoms with van der Waals surface area (Å²) in [4.78, 5) is 3.20. The molecule has 3 rings (SSSR count). The highest BCUT2D eigenvalue weighted by atomic mass is 19.4. The Kier molecular flexibility index (Phi) is 4.87. The Morgan fingerprint density at radius 2 is 1.81 bits per heavy atom. The van der Waals surface area contributed by atoms with Gasteiger partial charge in [-0.3, -0.25) is 0 Å². The molecule has 142 valence electrons. The number of pyridine rings is 1. The van der Waals surface area contributed by atoms with Gasteiger partial charge in [-0.05, 0) is 30.5 Å². The van der Waals surface area contributed by atoms with Crippen molar-refractivity contribution < 1.29 is 31.4 Å². The summed E-state index contributed by atoms with van der Waals surface area (Å²) in [6.07, 6.45) is -8.35. The van der Waals surface area contributed by atoms with E-state index in [1.54, 1.807) is 0 Å². The molecule has 0 aliphatic heterocycles. The van der Waals surface area contributed by atoms with Gasteiger partial charge in [-0.2, -0.15) is 26.3 Å². The normalized spacial score (nSPS) is 17.3. The van der Waals surface area contributed by atoms with E-state index >= 15 is 0 Å². The number of hydrogen-bond donors (Lipinski definition) is 2. The number of halogens is 6. The number of rotatable bonds is 4. The van der Waals surface area contributed by atoms with Gasteiger partial charge in [0, 0.05) is 18.0 Å². The van der Waals surface area contributed by atoms with Gasteiger partial charge < -0.3 is 10.4 Å². The van der Waals surface area contributed by atoms with Crippen molar-refractivity contribution in [3.63, 3.8) is 0 Å². The number of para-hydroxylation sites is 1. The fourth-order valence-electron chi connectivity index (χ4n) is 2.92. The topological polar surface area (TPSA) is 45.1 Å². The summed E-state index contributed by atoms with van der Waals surface area (Å²) in [5.74, 6) is 0. The molecular weight excluding hydrogens is 362 g/mol. The number of benzene rings is 1. The van der Waals surface area contributed by atoms with Crippen molar-refractivity contribution in [3.8, 4) is 0 Å². The van der Waals surface area contributed by atoms with Gasteiger partial charge in [-0.1, -0.05) is 18.6 Å². The zero-order chi connectivity index (χ0) is 19.1. The molecule has 1 atom stereocenters. The summed E-state index contributed by atoms with van der Waals surface area (Å²) in [7, 11) is 0. The molecule has 2 N–H and O–H groups in total. The fraction of sp³-hybridized carbons (Fsp3) is 0.471. The number of alkyl halides is 6. The largest absolute Gasteiger partial charge is 0.433 e. The lowest BCUT2D eigenvalue weighted by atomic mass is 9.92. The van der Waals surface area contributed by atoms with Gasteiger partial charge in [0.2, 0.25) is 0 Å². The molecule has 26 heavy (non-hydrogen) atoms. The molecule has 1 aliphatic carbocycles. The summed E-state index contributed by atoms with van der Waals surface area (Å²) in [5.41, 5.74) is -3.76. The van der Waals surface area contributed by atoms with Gasteiger partial charge in [-0.15, -0.1) is 0 Å². The Morgan fingerprint density at radius 1 is 1.12 bits per heavy atom. The average molecular weight is 378 g/mol. The first-order valence-electron chi connectivity index (χ1n) is 8.07. The van der Waals surface area contributed by atoms with Crippen LogP contribution in [0, 0.1) is 0 Å². The number of hydrogen-bond acceptors (Lipinski definition) is 3. The van der Waals surface area contributed by atoms with Gasteiger partial charge in [0.1, 0.15) is 5.69 Å². The van der Waals surface area contributed by atoms with E-state index in [1.165, 1.54) is 6.07 Å². The molecule has 0 amide bonds. The number of aliphatic hydroxyl groups is 1. The van der Waals surface area contributed by atoms with Gasteiger partial charge in [0.25, 0.3) is 0 Å². The van der Waals surface area contributed by atoms with Crippen LogP contribution in [-0.2, 0) is 12.4 Å². The lowest BCUT2D eigenvalue weighted by molar-refractivity contribution is -0.142. The Hall–Kier alpha value is -1.87. The maximum atomic E-state index is 13.2. The van der Waals surface area contributed by atoms with Crippen LogP contribution < -0.4 is 5.32 Å². The van der Waals surface area contributed by atoms with E-state index in [0.29, 0.717) is 12.1 Å². The quantitative estimate of drug-likeness (QED) is 0.773. The van der Waals surface area contributed by atoms with Crippen LogP contribution in [0.15, 0.2) is 24.3 Å². The molecule has 0 spiro atoms. The number of aliphatic hydroxyl groups excluding tert-OH is 1. The van der Waals surface area contributed by atoms with E-state index in [0.717, 1.165) is 25.3 Å². The lowest BCUT2D eigenvalue weighted by Crippen LogP contribution is -2.37. The SMILES string of the molecule is OC(CNC1CCC1)c1cc(C(F)(F)F)nc2c(C(F)(F)F)cccc12. The number of aromatic nitrogens is 1. The maximum absolute atomic E-state index is 13.2. The third kappa shape index (κ3) is 3.78. The first kappa shape index (κ1) is 18.9. The van der Waals surface area contributed by atoms with Crippen LogP contribution in [0.4, 0.5) is 26.3 Å². The van der Waals surface area contributed by atoms with Crippen molar-refractivity contribution in [2.24, 2.45) is 0 Å². The second kappa shape index (κ2) is 6.70. The second-order valence-corrected chi connectivity index (χ2v) is 6.35. The highest BCUT2D eigenvalue weighted by Gasteiger charge is 2.38. The van der Waals surface area contributed by atoms with Crippen LogP contribution >= 0.6 is 0 Å². The summed E-state index contributed by atoms with van der Waals surface area (Å²) in [6.45, 7) is -0.0443. The molecule has 1 saturated carbocycles. The molecule has 9 heteroatoms. The van der Waals surface area contributed by atoms with Crippen LogP contribution in [0.1, 0.15) is 42.2 Å². The molecule has 1 aromatic carbocycles. The zero-order valence-corrected chi connectivity index (χ0v) is 13.5. The molecule has 1 fully saturated rings. The zero-order valence-electron chi connectivity index (χ0n) is 13.5. The molecule has 0 radical (unpaired) electrons. The van der Waals surface area contributed by atoms with Crippen LogP contribution in [0.5, 0.6) is 0 Å². The minimum absolute atomic E-state index is 0.0443. The van der Waals surface area contributed by atoms with E-state index in [-0.39, 0.29) is 23.5 Å². The van der Waals surface area contributed by atoms with E-state index in [2.05, 4.69) is 10.3 Å². The molecule has 0 bridgehead atoms. The predicted molar refractivity (Wildman–Crippen MR) is 82.3 cm³/mol. The van der Waals surface area contributed by atoms with E-state index in [4.69, 9.17) is 0 Å². The van der Waals surface area contributed by atoms with E-state index in [1.807, 2.05) is 0 Å². The smallest absolute Gasteiger partial charge is 0.387 e.